The molecule has 0 spiro atoms. The van der Waals surface area contributed by atoms with Gasteiger partial charge in [0, 0.05) is 32.2 Å². The van der Waals surface area contributed by atoms with Crippen molar-refractivity contribution in [3.8, 4) is 11.1 Å². The third kappa shape index (κ3) is 5.19. The maximum absolute atomic E-state index is 6.02. The van der Waals surface area contributed by atoms with Crippen LogP contribution in [-0.4, -0.2) is 36.7 Å². The van der Waals surface area contributed by atoms with Crippen molar-refractivity contribution in [2.75, 3.05) is 19.6 Å². The summed E-state index contributed by atoms with van der Waals surface area (Å²) in [6, 6.07) is 18.5. The predicted molar refractivity (Wildman–Crippen MR) is 112 cm³/mol. The number of piperazine rings is 1. The normalized spacial score (nSPS) is 21.6. The van der Waals surface area contributed by atoms with Gasteiger partial charge in [-0.05, 0) is 42.0 Å². The lowest BCUT2D eigenvalue weighted by atomic mass is 10.0. The molecule has 2 aromatic rings. The van der Waals surface area contributed by atoms with Crippen LogP contribution in [0.25, 0.3) is 11.1 Å². The van der Waals surface area contributed by atoms with Crippen LogP contribution in [0.5, 0.6) is 0 Å². The lowest BCUT2D eigenvalue weighted by Crippen LogP contribution is -2.48. The van der Waals surface area contributed by atoms with E-state index in [0.29, 0.717) is 12.1 Å². The quantitative estimate of drug-likeness (QED) is 0.810. The number of rotatable bonds is 6. The Morgan fingerprint density at radius 3 is 2.19 bits per heavy atom. The molecule has 2 aromatic carbocycles. The molecule has 1 saturated carbocycles. The molecule has 1 atom stereocenters. The second-order valence-corrected chi connectivity index (χ2v) is 8.20. The highest BCUT2D eigenvalue weighted by Crippen LogP contribution is 2.24. The Hall–Kier alpha value is -1.68. The van der Waals surface area contributed by atoms with E-state index in [0.717, 1.165) is 32.8 Å². The van der Waals surface area contributed by atoms with Crippen LogP contribution < -0.4 is 5.32 Å². The Morgan fingerprint density at radius 1 is 0.926 bits per heavy atom. The Labute approximate surface area is 163 Å². The number of hydrogen-bond acceptors (Lipinski definition) is 3. The van der Waals surface area contributed by atoms with E-state index < -0.39 is 0 Å². The topological polar surface area (TPSA) is 24.5 Å². The van der Waals surface area contributed by atoms with Gasteiger partial charge in [0.1, 0.15) is 0 Å². The van der Waals surface area contributed by atoms with Gasteiger partial charge in [0.05, 0.1) is 12.7 Å². The Morgan fingerprint density at radius 2 is 1.56 bits per heavy atom. The fourth-order valence-corrected chi connectivity index (χ4v) is 4.28. The predicted octanol–water partition coefficient (Wildman–Crippen LogP) is 4.61. The summed E-state index contributed by atoms with van der Waals surface area (Å²) in [5.41, 5.74) is 5.24. The molecule has 3 heteroatoms. The summed E-state index contributed by atoms with van der Waals surface area (Å²) in [5, 5.41) is 3.51. The van der Waals surface area contributed by atoms with Crippen molar-refractivity contribution in [3.63, 3.8) is 0 Å². The first-order chi connectivity index (χ1) is 13.3. The summed E-state index contributed by atoms with van der Waals surface area (Å²) in [6.45, 7) is 7.41. The Balaban J connectivity index is 1.32. The van der Waals surface area contributed by atoms with E-state index >= 15 is 0 Å². The van der Waals surface area contributed by atoms with Crippen LogP contribution in [0.3, 0.4) is 0 Å². The zero-order chi connectivity index (χ0) is 18.5. The smallest absolute Gasteiger partial charge is 0.0720 e. The molecule has 2 fully saturated rings. The molecular formula is C24H32N2O. The summed E-state index contributed by atoms with van der Waals surface area (Å²) < 4.78 is 6.02. The summed E-state index contributed by atoms with van der Waals surface area (Å²) in [4.78, 5) is 2.54. The average molecular weight is 365 g/mol. The molecule has 1 N–H and O–H groups in total. The van der Waals surface area contributed by atoms with E-state index in [4.69, 9.17) is 4.74 Å². The first kappa shape index (κ1) is 18.7. The number of hydrogen-bond donors (Lipinski definition) is 1. The first-order valence-electron chi connectivity index (χ1n) is 10.5. The van der Waals surface area contributed by atoms with E-state index in [2.05, 4.69) is 65.7 Å². The van der Waals surface area contributed by atoms with Gasteiger partial charge in [-0.3, -0.25) is 4.90 Å². The number of nitrogens with zero attached hydrogens (tertiary/aromatic N) is 1. The van der Waals surface area contributed by atoms with Crippen molar-refractivity contribution in [2.24, 2.45) is 0 Å². The summed E-state index contributed by atoms with van der Waals surface area (Å²) >= 11 is 0. The molecule has 0 radical (unpaired) electrons. The third-order valence-electron chi connectivity index (χ3n) is 5.89. The SMILES string of the molecule is C[C@@H]1CN(Cc2ccc(-c3ccc(COC4CCCC4)cc3)cc2)CCN1. The lowest BCUT2D eigenvalue weighted by molar-refractivity contribution is 0.0457. The molecule has 1 aliphatic carbocycles. The molecule has 4 rings (SSSR count). The minimum Gasteiger partial charge on any atom is -0.374 e. The average Bonchev–Trinajstić information content (AvgIpc) is 3.21. The number of nitrogens with one attached hydrogen (secondary N) is 1. The summed E-state index contributed by atoms with van der Waals surface area (Å²) in [6.07, 6.45) is 5.60. The lowest BCUT2D eigenvalue weighted by Gasteiger charge is -2.31. The second kappa shape index (κ2) is 9.01. The van der Waals surface area contributed by atoms with Gasteiger partial charge in [0.25, 0.3) is 0 Å². The van der Waals surface area contributed by atoms with Gasteiger partial charge in [0.2, 0.25) is 0 Å². The molecule has 27 heavy (non-hydrogen) atoms. The Kier molecular flexibility index (Phi) is 6.23. The Bertz CT molecular complexity index is 704. The maximum Gasteiger partial charge on any atom is 0.0720 e. The molecule has 3 nitrogen and oxygen atoms in total. The van der Waals surface area contributed by atoms with Crippen LogP contribution in [0.1, 0.15) is 43.7 Å². The van der Waals surface area contributed by atoms with Crippen molar-refractivity contribution in [2.45, 2.75) is 57.9 Å². The van der Waals surface area contributed by atoms with Crippen LogP contribution in [0.15, 0.2) is 48.5 Å². The van der Waals surface area contributed by atoms with Crippen molar-refractivity contribution in [1.29, 1.82) is 0 Å². The van der Waals surface area contributed by atoms with Crippen molar-refractivity contribution >= 4 is 0 Å². The van der Waals surface area contributed by atoms with E-state index in [-0.39, 0.29) is 0 Å². The zero-order valence-electron chi connectivity index (χ0n) is 16.5. The fraction of sp³-hybridized carbons (Fsp3) is 0.500. The molecule has 0 amide bonds. The van der Waals surface area contributed by atoms with Gasteiger partial charge in [-0.25, -0.2) is 0 Å². The van der Waals surface area contributed by atoms with E-state index in [1.54, 1.807) is 0 Å². The molecule has 144 valence electrons. The van der Waals surface area contributed by atoms with Gasteiger partial charge >= 0.3 is 0 Å². The minimum atomic E-state index is 0.482. The molecular weight excluding hydrogens is 332 g/mol. The molecule has 2 aliphatic rings. The highest BCUT2D eigenvalue weighted by Gasteiger charge is 2.16. The second-order valence-electron chi connectivity index (χ2n) is 8.20. The van der Waals surface area contributed by atoms with Gasteiger partial charge in [-0.1, -0.05) is 61.4 Å². The highest BCUT2D eigenvalue weighted by atomic mass is 16.5. The molecule has 0 bridgehead atoms. The van der Waals surface area contributed by atoms with Crippen LogP contribution >= 0.6 is 0 Å². The number of ether oxygens (including phenoxy) is 1. The van der Waals surface area contributed by atoms with Gasteiger partial charge in [-0.15, -0.1) is 0 Å². The summed E-state index contributed by atoms with van der Waals surface area (Å²) in [7, 11) is 0. The van der Waals surface area contributed by atoms with Crippen LogP contribution in [-0.2, 0) is 17.9 Å². The zero-order valence-corrected chi connectivity index (χ0v) is 16.5. The third-order valence-corrected chi connectivity index (χ3v) is 5.89. The van der Waals surface area contributed by atoms with Crippen molar-refractivity contribution in [3.05, 3.63) is 59.7 Å². The van der Waals surface area contributed by atoms with Gasteiger partial charge in [0.15, 0.2) is 0 Å². The van der Waals surface area contributed by atoms with Crippen molar-refractivity contribution < 1.29 is 4.74 Å². The number of benzene rings is 2. The van der Waals surface area contributed by atoms with Crippen LogP contribution in [0.2, 0.25) is 0 Å². The van der Waals surface area contributed by atoms with Gasteiger partial charge in [-0.2, -0.15) is 0 Å². The van der Waals surface area contributed by atoms with Crippen LogP contribution in [0.4, 0.5) is 0 Å². The van der Waals surface area contributed by atoms with Gasteiger partial charge < -0.3 is 10.1 Å². The maximum atomic E-state index is 6.02. The van der Waals surface area contributed by atoms with E-state index in [1.807, 2.05) is 0 Å². The largest absolute Gasteiger partial charge is 0.374 e. The van der Waals surface area contributed by atoms with E-state index in [1.165, 1.54) is 47.9 Å². The summed E-state index contributed by atoms with van der Waals surface area (Å²) in [5.74, 6) is 0. The highest BCUT2D eigenvalue weighted by molar-refractivity contribution is 5.63. The first-order valence-corrected chi connectivity index (χ1v) is 10.5. The molecule has 1 saturated heterocycles. The molecule has 0 unspecified atom stereocenters. The van der Waals surface area contributed by atoms with E-state index in [9.17, 15) is 0 Å². The minimum absolute atomic E-state index is 0.482. The van der Waals surface area contributed by atoms with Crippen LogP contribution in [0, 0.1) is 0 Å². The van der Waals surface area contributed by atoms with Crippen molar-refractivity contribution in [1.82, 2.24) is 10.2 Å². The standard InChI is InChI=1S/C24H32N2O/c1-19-16-26(15-14-25-19)17-20-6-10-22(11-7-20)23-12-8-21(9-13-23)18-27-24-4-2-3-5-24/h6-13,19,24-25H,2-5,14-18H2,1H3/t19-/m1/s1. The molecule has 0 aromatic heterocycles. The monoisotopic (exact) mass is 364 g/mol. The molecule has 1 heterocycles. The molecule has 1 aliphatic heterocycles. The fourth-order valence-electron chi connectivity index (χ4n) is 4.28.